The summed E-state index contributed by atoms with van der Waals surface area (Å²) in [6.07, 6.45) is 0. The van der Waals surface area contributed by atoms with E-state index < -0.39 is 0 Å². The molecule has 2 aliphatic heterocycles. The maximum atomic E-state index is 11.6. The maximum absolute atomic E-state index is 11.6. The van der Waals surface area contributed by atoms with E-state index in [1.54, 1.807) is 0 Å². The summed E-state index contributed by atoms with van der Waals surface area (Å²) in [4.78, 5) is 13.8. The van der Waals surface area contributed by atoms with E-state index in [0.717, 1.165) is 26.2 Å². The molecule has 0 aliphatic carbocycles. The van der Waals surface area contributed by atoms with Gasteiger partial charge >= 0.3 is 5.97 Å². The lowest BCUT2D eigenvalue weighted by molar-refractivity contribution is -0.150. The van der Waals surface area contributed by atoms with Gasteiger partial charge in [0.05, 0.1) is 13.0 Å². The number of methoxy groups -OCH3 is 1. The Hall–Kier alpha value is 0.120. The van der Waals surface area contributed by atoms with Gasteiger partial charge in [-0.05, 0) is 7.05 Å². The lowest BCUT2D eigenvalue weighted by atomic mass is 9.73. The summed E-state index contributed by atoms with van der Waals surface area (Å²) >= 11 is 2.31. The molecule has 0 amide bonds. The van der Waals surface area contributed by atoms with Crippen molar-refractivity contribution in [2.45, 2.75) is 0 Å². The molecule has 0 aromatic heterocycles. The van der Waals surface area contributed by atoms with E-state index in [2.05, 4.69) is 37.9 Å². The molecule has 14 heavy (non-hydrogen) atoms. The largest absolute Gasteiger partial charge is 0.469 e. The third kappa shape index (κ3) is 1.55. The Labute approximate surface area is 98.1 Å². The molecule has 0 aromatic rings. The Balaban J connectivity index is 2.11. The predicted molar refractivity (Wildman–Crippen MR) is 61.0 cm³/mol. The minimum Gasteiger partial charge on any atom is -0.469 e. The highest BCUT2D eigenvalue weighted by Gasteiger charge is 2.56. The van der Waals surface area contributed by atoms with Gasteiger partial charge in [0.2, 0.25) is 0 Å². The van der Waals surface area contributed by atoms with Crippen LogP contribution < -0.4 is 0 Å². The average Bonchev–Trinajstić information content (AvgIpc) is 2.41. The predicted octanol–water partition coefficient (Wildman–Crippen LogP) is 0.373. The topological polar surface area (TPSA) is 32.8 Å². The zero-order chi connectivity index (χ0) is 10.3. The fraction of sp³-hybridized carbons (Fsp3) is 0.889. The molecule has 0 N–H and O–H groups in total. The number of carbonyl (C=O) groups excluding carboxylic acids is 1. The van der Waals surface area contributed by atoms with Crippen LogP contribution >= 0.6 is 22.9 Å². The SMILES string of the molecule is COC(=O)C1CN(C)CC12CN(I)C2. The number of ether oxygens (including phenoxy) is 1. The molecular formula is C9H15IN2O2. The molecule has 1 atom stereocenters. The lowest BCUT2D eigenvalue weighted by Gasteiger charge is -2.47. The molecule has 4 nitrogen and oxygen atoms in total. The molecule has 0 saturated carbocycles. The van der Waals surface area contributed by atoms with Gasteiger partial charge in [0.15, 0.2) is 0 Å². The highest BCUT2D eigenvalue weighted by atomic mass is 127. The Morgan fingerprint density at radius 3 is 2.64 bits per heavy atom. The molecule has 2 heterocycles. The summed E-state index contributed by atoms with van der Waals surface area (Å²) in [7, 11) is 3.55. The van der Waals surface area contributed by atoms with E-state index in [0.29, 0.717) is 0 Å². The van der Waals surface area contributed by atoms with Crippen LogP contribution in [0.1, 0.15) is 0 Å². The number of hydrogen-bond donors (Lipinski definition) is 0. The van der Waals surface area contributed by atoms with Gasteiger partial charge in [-0.2, -0.15) is 0 Å². The number of halogens is 1. The van der Waals surface area contributed by atoms with Gasteiger partial charge < -0.3 is 9.64 Å². The summed E-state index contributed by atoms with van der Waals surface area (Å²) in [5.41, 5.74) is 0.170. The molecule has 0 aromatic carbocycles. The molecule has 0 bridgehead atoms. The van der Waals surface area contributed by atoms with Crippen LogP contribution in [0.3, 0.4) is 0 Å². The van der Waals surface area contributed by atoms with E-state index >= 15 is 0 Å². The molecule has 80 valence electrons. The average molecular weight is 310 g/mol. The fourth-order valence-corrected chi connectivity index (χ4v) is 4.00. The van der Waals surface area contributed by atoms with Crippen LogP contribution in [0.5, 0.6) is 0 Å². The second-order valence-corrected chi connectivity index (χ2v) is 5.78. The highest BCUT2D eigenvalue weighted by Crippen LogP contribution is 2.45. The number of esters is 1. The first-order valence-electron chi connectivity index (χ1n) is 4.74. The van der Waals surface area contributed by atoms with E-state index in [4.69, 9.17) is 4.74 Å². The third-order valence-electron chi connectivity index (χ3n) is 3.28. The van der Waals surface area contributed by atoms with Gasteiger partial charge in [0, 0.05) is 54.5 Å². The number of carbonyl (C=O) groups is 1. The minimum atomic E-state index is -0.0427. The van der Waals surface area contributed by atoms with Gasteiger partial charge in [-0.15, -0.1) is 0 Å². The summed E-state index contributed by atoms with van der Waals surface area (Å²) in [5, 5.41) is 0. The summed E-state index contributed by atoms with van der Waals surface area (Å²) < 4.78 is 7.09. The first kappa shape index (κ1) is 10.6. The van der Waals surface area contributed by atoms with Gasteiger partial charge in [-0.1, -0.05) is 0 Å². The first-order chi connectivity index (χ1) is 6.57. The third-order valence-corrected chi connectivity index (χ3v) is 3.96. The lowest BCUT2D eigenvalue weighted by Crippen LogP contribution is -2.57. The Morgan fingerprint density at radius 1 is 1.50 bits per heavy atom. The Morgan fingerprint density at radius 2 is 2.14 bits per heavy atom. The van der Waals surface area contributed by atoms with Crippen molar-refractivity contribution in [3.8, 4) is 0 Å². The number of nitrogens with zero attached hydrogens (tertiary/aromatic N) is 2. The zero-order valence-corrected chi connectivity index (χ0v) is 10.7. The Bertz CT molecular complexity index is 253. The Kier molecular flexibility index (Phi) is 2.74. The molecule has 5 heteroatoms. The molecule has 2 aliphatic rings. The molecule has 0 radical (unpaired) electrons. The zero-order valence-electron chi connectivity index (χ0n) is 8.49. The molecule has 1 spiro atoms. The maximum Gasteiger partial charge on any atom is 0.310 e. The van der Waals surface area contributed by atoms with Gasteiger partial charge in [0.25, 0.3) is 0 Å². The monoisotopic (exact) mass is 310 g/mol. The first-order valence-corrected chi connectivity index (χ1v) is 5.71. The summed E-state index contributed by atoms with van der Waals surface area (Å²) in [5.74, 6) is 0.0300. The second kappa shape index (κ2) is 3.61. The van der Waals surface area contributed by atoms with Crippen molar-refractivity contribution in [2.75, 3.05) is 40.3 Å². The minimum absolute atomic E-state index is 0.0427. The highest BCUT2D eigenvalue weighted by molar-refractivity contribution is 14.1. The van der Waals surface area contributed by atoms with Gasteiger partial charge in [-0.3, -0.25) is 4.79 Å². The van der Waals surface area contributed by atoms with Crippen LogP contribution in [0, 0.1) is 11.3 Å². The van der Waals surface area contributed by atoms with Crippen LogP contribution in [-0.2, 0) is 9.53 Å². The van der Waals surface area contributed by atoms with Crippen molar-refractivity contribution in [1.82, 2.24) is 8.01 Å². The van der Waals surface area contributed by atoms with E-state index in [9.17, 15) is 4.79 Å². The van der Waals surface area contributed by atoms with Gasteiger partial charge in [0.1, 0.15) is 0 Å². The van der Waals surface area contributed by atoms with Crippen molar-refractivity contribution in [3.05, 3.63) is 0 Å². The van der Waals surface area contributed by atoms with Crippen LogP contribution in [0.25, 0.3) is 0 Å². The van der Waals surface area contributed by atoms with Crippen LogP contribution in [0.4, 0.5) is 0 Å². The molecular weight excluding hydrogens is 295 g/mol. The van der Waals surface area contributed by atoms with Crippen molar-refractivity contribution < 1.29 is 9.53 Å². The quantitative estimate of drug-likeness (QED) is 0.398. The molecule has 2 rings (SSSR count). The number of likely N-dealkylation sites (tertiary alicyclic amines) is 1. The summed E-state index contributed by atoms with van der Waals surface area (Å²) in [6.45, 7) is 3.89. The standard InChI is InChI=1S/C9H15IN2O2/c1-11-3-7(8(13)14-2)9(4-11)5-12(10)6-9/h7H,3-6H2,1-2H3. The molecule has 1 unspecified atom stereocenters. The summed E-state index contributed by atoms with van der Waals surface area (Å²) in [6, 6.07) is 0. The molecule has 2 saturated heterocycles. The van der Waals surface area contributed by atoms with E-state index in [-0.39, 0.29) is 17.3 Å². The normalized spacial score (nSPS) is 31.8. The van der Waals surface area contributed by atoms with Crippen LogP contribution in [0.2, 0.25) is 0 Å². The fourth-order valence-electron chi connectivity index (χ4n) is 2.64. The van der Waals surface area contributed by atoms with E-state index in [1.165, 1.54) is 7.11 Å². The smallest absolute Gasteiger partial charge is 0.310 e. The van der Waals surface area contributed by atoms with Crippen molar-refractivity contribution in [2.24, 2.45) is 11.3 Å². The van der Waals surface area contributed by atoms with Crippen LogP contribution in [0.15, 0.2) is 0 Å². The van der Waals surface area contributed by atoms with Crippen molar-refractivity contribution in [3.63, 3.8) is 0 Å². The van der Waals surface area contributed by atoms with Crippen molar-refractivity contribution >= 4 is 28.8 Å². The van der Waals surface area contributed by atoms with E-state index in [1.807, 2.05) is 0 Å². The van der Waals surface area contributed by atoms with Crippen LogP contribution in [-0.4, -0.2) is 54.3 Å². The van der Waals surface area contributed by atoms with Crippen molar-refractivity contribution in [1.29, 1.82) is 0 Å². The number of rotatable bonds is 1. The second-order valence-electron chi connectivity index (χ2n) is 4.41. The number of hydrogen-bond acceptors (Lipinski definition) is 4. The molecule has 2 fully saturated rings. The van der Waals surface area contributed by atoms with Gasteiger partial charge in [-0.25, -0.2) is 3.11 Å².